The molecule has 0 unspecified atom stereocenters. The molecule has 2 aromatic rings. The van der Waals surface area contributed by atoms with Gasteiger partial charge in [-0.2, -0.15) is 0 Å². The zero-order chi connectivity index (χ0) is 12.4. The Morgan fingerprint density at radius 3 is 2.83 bits per heavy atom. The number of fused-ring (bicyclic) bond motifs is 1. The molecular weight excluding hydrogens is 224 g/mol. The van der Waals surface area contributed by atoms with Gasteiger partial charge in [-0.05, 0) is 29.2 Å². The van der Waals surface area contributed by atoms with Crippen LogP contribution >= 0.6 is 0 Å². The van der Waals surface area contributed by atoms with Crippen molar-refractivity contribution >= 4 is 10.8 Å². The molecule has 2 nitrogen and oxygen atoms in total. The summed E-state index contributed by atoms with van der Waals surface area (Å²) in [7, 11) is 1.73. The third-order valence-corrected chi connectivity index (χ3v) is 3.63. The summed E-state index contributed by atoms with van der Waals surface area (Å²) >= 11 is 0. The van der Waals surface area contributed by atoms with E-state index in [-0.39, 0.29) is 12.2 Å². The largest absolute Gasteiger partial charge is 0.382 e. The molecule has 1 heterocycles. The van der Waals surface area contributed by atoms with Crippen LogP contribution in [-0.4, -0.2) is 19.8 Å². The number of rotatable bonds is 3. The monoisotopic (exact) mass is 242 g/mol. The van der Waals surface area contributed by atoms with Gasteiger partial charge in [-0.3, -0.25) is 0 Å². The third kappa shape index (κ3) is 2.14. The van der Waals surface area contributed by atoms with Crippen molar-refractivity contribution in [2.45, 2.75) is 25.0 Å². The van der Waals surface area contributed by atoms with E-state index in [1.807, 2.05) is 0 Å². The van der Waals surface area contributed by atoms with E-state index in [0.29, 0.717) is 6.61 Å². The van der Waals surface area contributed by atoms with Crippen LogP contribution in [0.15, 0.2) is 42.5 Å². The van der Waals surface area contributed by atoms with Crippen LogP contribution in [0.25, 0.3) is 10.8 Å². The molecule has 0 aliphatic carbocycles. The second kappa shape index (κ2) is 5.09. The van der Waals surface area contributed by atoms with Gasteiger partial charge in [-0.1, -0.05) is 42.5 Å². The lowest BCUT2D eigenvalue weighted by Gasteiger charge is -2.15. The summed E-state index contributed by atoms with van der Waals surface area (Å²) in [6.45, 7) is 0.696. The Hall–Kier alpha value is -1.38. The SMILES string of the molecule is COC[C@@H]1CC[C@H](c2cccc3ccccc23)O1. The lowest BCUT2D eigenvalue weighted by Crippen LogP contribution is -2.13. The smallest absolute Gasteiger partial charge is 0.0836 e. The lowest BCUT2D eigenvalue weighted by molar-refractivity contribution is -0.00169. The Morgan fingerprint density at radius 1 is 1.11 bits per heavy atom. The lowest BCUT2D eigenvalue weighted by atomic mass is 9.99. The molecule has 2 atom stereocenters. The molecule has 1 saturated heterocycles. The molecule has 0 amide bonds. The Kier molecular flexibility index (Phi) is 3.31. The number of benzene rings is 2. The van der Waals surface area contributed by atoms with Crippen molar-refractivity contribution < 1.29 is 9.47 Å². The molecule has 0 bridgehead atoms. The molecule has 0 radical (unpaired) electrons. The van der Waals surface area contributed by atoms with Gasteiger partial charge in [0.15, 0.2) is 0 Å². The van der Waals surface area contributed by atoms with E-state index in [2.05, 4.69) is 42.5 Å². The first-order valence-corrected chi connectivity index (χ1v) is 6.50. The topological polar surface area (TPSA) is 18.5 Å². The molecule has 3 rings (SSSR count). The molecule has 18 heavy (non-hydrogen) atoms. The maximum absolute atomic E-state index is 6.07. The molecule has 1 fully saturated rings. The maximum Gasteiger partial charge on any atom is 0.0836 e. The first kappa shape index (κ1) is 11.7. The number of methoxy groups -OCH3 is 1. The van der Waals surface area contributed by atoms with Crippen LogP contribution in [0, 0.1) is 0 Å². The summed E-state index contributed by atoms with van der Waals surface area (Å²) in [5.41, 5.74) is 1.31. The normalized spacial score (nSPS) is 23.6. The van der Waals surface area contributed by atoms with Gasteiger partial charge in [0.2, 0.25) is 0 Å². The minimum absolute atomic E-state index is 0.219. The van der Waals surface area contributed by atoms with Crippen molar-refractivity contribution in [1.29, 1.82) is 0 Å². The standard InChI is InChI=1S/C16H18O2/c1-17-11-13-9-10-16(18-13)15-8-4-6-12-5-2-3-7-14(12)15/h2-8,13,16H,9-11H2,1H3/t13-,16+/m0/s1. The summed E-state index contributed by atoms with van der Waals surface area (Å²) in [4.78, 5) is 0. The molecule has 2 heteroatoms. The van der Waals surface area contributed by atoms with Crippen LogP contribution in [0.5, 0.6) is 0 Å². The Bertz CT molecular complexity index is 530. The van der Waals surface area contributed by atoms with E-state index in [0.717, 1.165) is 12.8 Å². The van der Waals surface area contributed by atoms with E-state index in [9.17, 15) is 0 Å². The Balaban J connectivity index is 1.91. The van der Waals surface area contributed by atoms with Gasteiger partial charge < -0.3 is 9.47 Å². The maximum atomic E-state index is 6.07. The van der Waals surface area contributed by atoms with Crippen molar-refractivity contribution in [3.05, 3.63) is 48.0 Å². The second-order valence-electron chi connectivity index (χ2n) is 4.85. The van der Waals surface area contributed by atoms with Crippen LogP contribution < -0.4 is 0 Å². The molecule has 1 aliphatic heterocycles. The fourth-order valence-corrected chi connectivity index (χ4v) is 2.77. The van der Waals surface area contributed by atoms with Crippen LogP contribution in [0.4, 0.5) is 0 Å². The second-order valence-corrected chi connectivity index (χ2v) is 4.85. The summed E-state index contributed by atoms with van der Waals surface area (Å²) in [6.07, 6.45) is 2.64. The number of hydrogen-bond acceptors (Lipinski definition) is 2. The Labute approximate surface area is 108 Å². The predicted molar refractivity (Wildman–Crippen MR) is 72.7 cm³/mol. The predicted octanol–water partition coefficient (Wildman–Crippen LogP) is 3.71. The summed E-state index contributed by atoms with van der Waals surface area (Å²) < 4.78 is 11.2. The van der Waals surface area contributed by atoms with E-state index in [1.165, 1.54) is 16.3 Å². The van der Waals surface area contributed by atoms with E-state index < -0.39 is 0 Å². The van der Waals surface area contributed by atoms with Gasteiger partial charge in [0.25, 0.3) is 0 Å². The minimum atomic E-state index is 0.219. The summed E-state index contributed by atoms with van der Waals surface area (Å²) in [5, 5.41) is 2.59. The van der Waals surface area contributed by atoms with Crippen LogP contribution in [0.2, 0.25) is 0 Å². The van der Waals surface area contributed by atoms with Crippen LogP contribution in [0.1, 0.15) is 24.5 Å². The van der Waals surface area contributed by atoms with Crippen molar-refractivity contribution in [3.63, 3.8) is 0 Å². The highest BCUT2D eigenvalue weighted by Crippen LogP contribution is 2.36. The molecule has 0 spiro atoms. The van der Waals surface area contributed by atoms with Gasteiger partial charge in [0.1, 0.15) is 0 Å². The fraction of sp³-hybridized carbons (Fsp3) is 0.375. The van der Waals surface area contributed by atoms with Crippen molar-refractivity contribution in [1.82, 2.24) is 0 Å². The number of hydrogen-bond donors (Lipinski definition) is 0. The molecule has 2 aromatic carbocycles. The third-order valence-electron chi connectivity index (χ3n) is 3.63. The highest BCUT2D eigenvalue weighted by Gasteiger charge is 2.27. The molecule has 1 aliphatic rings. The van der Waals surface area contributed by atoms with E-state index in [4.69, 9.17) is 9.47 Å². The van der Waals surface area contributed by atoms with Gasteiger partial charge in [-0.15, -0.1) is 0 Å². The van der Waals surface area contributed by atoms with Gasteiger partial charge >= 0.3 is 0 Å². The molecule has 0 saturated carbocycles. The average molecular weight is 242 g/mol. The quantitative estimate of drug-likeness (QED) is 0.817. The van der Waals surface area contributed by atoms with E-state index >= 15 is 0 Å². The van der Waals surface area contributed by atoms with E-state index in [1.54, 1.807) is 7.11 Å². The average Bonchev–Trinajstić information content (AvgIpc) is 2.87. The van der Waals surface area contributed by atoms with Crippen molar-refractivity contribution in [2.24, 2.45) is 0 Å². The first-order chi connectivity index (χ1) is 8.88. The van der Waals surface area contributed by atoms with Crippen LogP contribution in [0.3, 0.4) is 0 Å². The molecule has 0 N–H and O–H groups in total. The first-order valence-electron chi connectivity index (χ1n) is 6.50. The van der Waals surface area contributed by atoms with Crippen molar-refractivity contribution in [3.8, 4) is 0 Å². The minimum Gasteiger partial charge on any atom is -0.382 e. The number of ether oxygens (including phenoxy) is 2. The molecule has 94 valence electrons. The molecule has 0 aromatic heterocycles. The summed E-state index contributed by atoms with van der Waals surface area (Å²) in [6, 6.07) is 15.0. The fourth-order valence-electron chi connectivity index (χ4n) is 2.77. The van der Waals surface area contributed by atoms with Gasteiger partial charge in [0.05, 0.1) is 18.8 Å². The van der Waals surface area contributed by atoms with Gasteiger partial charge in [-0.25, -0.2) is 0 Å². The summed E-state index contributed by atoms with van der Waals surface area (Å²) in [5.74, 6) is 0. The highest BCUT2D eigenvalue weighted by molar-refractivity contribution is 5.86. The van der Waals surface area contributed by atoms with Crippen LogP contribution in [-0.2, 0) is 9.47 Å². The van der Waals surface area contributed by atoms with Crippen molar-refractivity contribution in [2.75, 3.05) is 13.7 Å². The van der Waals surface area contributed by atoms with Gasteiger partial charge in [0, 0.05) is 7.11 Å². The zero-order valence-corrected chi connectivity index (χ0v) is 10.6. The zero-order valence-electron chi connectivity index (χ0n) is 10.6. The highest BCUT2D eigenvalue weighted by atomic mass is 16.5. The molecular formula is C16H18O2. The Morgan fingerprint density at radius 2 is 1.94 bits per heavy atom.